The van der Waals surface area contributed by atoms with Crippen molar-refractivity contribution < 1.29 is 4.79 Å². The number of nitrogens with two attached hydrogens (primary N) is 1. The molecule has 1 aliphatic carbocycles. The molecule has 0 radical (unpaired) electrons. The van der Waals surface area contributed by atoms with E-state index in [2.05, 4.69) is 6.92 Å². The molecular weight excluding hydrogens is 176 g/mol. The third kappa shape index (κ3) is 2.98. The zero-order valence-electron chi connectivity index (χ0n) is 9.49. The van der Waals surface area contributed by atoms with E-state index in [1.807, 2.05) is 14.0 Å². The van der Waals surface area contributed by atoms with E-state index < -0.39 is 0 Å². The summed E-state index contributed by atoms with van der Waals surface area (Å²) in [5, 5.41) is 0. The van der Waals surface area contributed by atoms with Crippen LogP contribution in [0.4, 0.5) is 0 Å². The van der Waals surface area contributed by atoms with Crippen molar-refractivity contribution in [1.29, 1.82) is 0 Å². The molecule has 0 bridgehead atoms. The molecule has 1 unspecified atom stereocenters. The summed E-state index contributed by atoms with van der Waals surface area (Å²) in [4.78, 5) is 13.6. The minimum atomic E-state index is -0.316. The average Bonchev–Trinajstić information content (AvgIpc) is 2.97. The molecule has 0 aromatic rings. The van der Waals surface area contributed by atoms with Crippen molar-refractivity contribution in [3.8, 4) is 0 Å². The molecule has 82 valence electrons. The lowest BCUT2D eigenvalue weighted by Gasteiger charge is -2.24. The second-order valence-corrected chi connectivity index (χ2v) is 4.57. The van der Waals surface area contributed by atoms with E-state index in [1.165, 1.54) is 12.8 Å². The predicted molar refractivity (Wildman–Crippen MR) is 57.8 cm³/mol. The number of carbonyl (C=O) groups excluding carboxylic acids is 1. The molecule has 0 aromatic heterocycles. The average molecular weight is 198 g/mol. The molecule has 1 rings (SSSR count). The number of nitrogens with zero attached hydrogens (tertiary/aromatic N) is 1. The Morgan fingerprint density at radius 2 is 2.14 bits per heavy atom. The summed E-state index contributed by atoms with van der Waals surface area (Å²) in [5.74, 6) is 1.13. The zero-order valence-corrected chi connectivity index (χ0v) is 9.49. The highest BCUT2D eigenvalue weighted by Gasteiger charge is 2.28. The Morgan fingerprint density at radius 1 is 1.57 bits per heavy atom. The maximum Gasteiger partial charge on any atom is 0.239 e. The van der Waals surface area contributed by atoms with Gasteiger partial charge in [-0.2, -0.15) is 0 Å². The summed E-state index contributed by atoms with van der Waals surface area (Å²) in [7, 11) is 1.86. The molecule has 1 fully saturated rings. The van der Waals surface area contributed by atoms with Crippen molar-refractivity contribution in [1.82, 2.24) is 4.90 Å². The molecule has 3 nitrogen and oxygen atoms in total. The largest absolute Gasteiger partial charge is 0.344 e. The van der Waals surface area contributed by atoms with Crippen LogP contribution >= 0.6 is 0 Å². The van der Waals surface area contributed by atoms with Gasteiger partial charge in [-0.25, -0.2) is 0 Å². The second kappa shape index (κ2) is 4.78. The predicted octanol–water partition coefficient (Wildman–Crippen LogP) is 1.23. The number of rotatable bonds is 5. The van der Waals surface area contributed by atoms with E-state index >= 15 is 0 Å². The van der Waals surface area contributed by atoms with Crippen LogP contribution in [0.3, 0.4) is 0 Å². The molecule has 0 heterocycles. The van der Waals surface area contributed by atoms with Crippen LogP contribution in [0.1, 0.15) is 33.1 Å². The summed E-state index contributed by atoms with van der Waals surface area (Å²) < 4.78 is 0. The van der Waals surface area contributed by atoms with Gasteiger partial charge in [-0.3, -0.25) is 4.79 Å². The first-order chi connectivity index (χ1) is 6.56. The Labute approximate surface area is 86.6 Å². The van der Waals surface area contributed by atoms with Crippen molar-refractivity contribution in [2.24, 2.45) is 17.6 Å². The van der Waals surface area contributed by atoms with Gasteiger partial charge in [-0.05, 0) is 24.7 Å². The summed E-state index contributed by atoms with van der Waals surface area (Å²) in [5.41, 5.74) is 5.88. The van der Waals surface area contributed by atoms with Crippen LogP contribution in [0.25, 0.3) is 0 Å². The molecule has 1 amide bonds. The Morgan fingerprint density at radius 3 is 2.57 bits per heavy atom. The van der Waals surface area contributed by atoms with Gasteiger partial charge in [0.15, 0.2) is 0 Å². The SMILES string of the molecule is CCC(C)[C@H](N)C(=O)N(C)CC1CC1. The summed E-state index contributed by atoms with van der Waals surface area (Å²) in [6.45, 7) is 5.00. The Hall–Kier alpha value is -0.570. The van der Waals surface area contributed by atoms with Gasteiger partial charge in [0.1, 0.15) is 0 Å². The highest BCUT2D eigenvalue weighted by Crippen LogP contribution is 2.29. The number of likely N-dealkylation sites (N-methyl/N-ethyl adjacent to an activating group) is 1. The van der Waals surface area contributed by atoms with Crippen LogP contribution in [0.15, 0.2) is 0 Å². The molecule has 0 aromatic carbocycles. The number of carbonyl (C=O) groups is 1. The van der Waals surface area contributed by atoms with Crippen LogP contribution < -0.4 is 5.73 Å². The lowest BCUT2D eigenvalue weighted by atomic mass is 9.99. The van der Waals surface area contributed by atoms with E-state index in [4.69, 9.17) is 5.73 Å². The fourth-order valence-corrected chi connectivity index (χ4v) is 1.53. The van der Waals surface area contributed by atoms with Gasteiger partial charge in [0.05, 0.1) is 6.04 Å². The van der Waals surface area contributed by atoms with Gasteiger partial charge in [-0.1, -0.05) is 20.3 Å². The maximum absolute atomic E-state index is 11.8. The number of hydrogen-bond donors (Lipinski definition) is 1. The number of hydrogen-bond acceptors (Lipinski definition) is 2. The lowest BCUT2D eigenvalue weighted by molar-refractivity contribution is -0.132. The van der Waals surface area contributed by atoms with Crippen LogP contribution in [-0.2, 0) is 4.79 Å². The molecule has 0 spiro atoms. The van der Waals surface area contributed by atoms with Crippen LogP contribution in [0.2, 0.25) is 0 Å². The standard InChI is InChI=1S/C11H22N2O/c1-4-8(2)10(12)11(14)13(3)7-9-5-6-9/h8-10H,4-7,12H2,1-3H3/t8?,10-/m0/s1. The summed E-state index contributed by atoms with van der Waals surface area (Å²) in [6.07, 6.45) is 3.51. The van der Waals surface area contributed by atoms with Crippen molar-refractivity contribution >= 4 is 5.91 Å². The van der Waals surface area contributed by atoms with Gasteiger partial charge in [0, 0.05) is 13.6 Å². The highest BCUT2D eigenvalue weighted by atomic mass is 16.2. The molecule has 2 atom stereocenters. The molecule has 14 heavy (non-hydrogen) atoms. The maximum atomic E-state index is 11.8. The normalized spacial score (nSPS) is 20.3. The third-order valence-corrected chi connectivity index (χ3v) is 3.15. The third-order valence-electron chi connectivity index (χ3n) is 3.15. The Kier molecular flexibility index (Phi) is 3.93. The summed E-state index contributed by atoms with van der Waals surface area (Å²) >= 11 is 0. The lowest BCUT2D eigenvalue weighted by Crippen LogP contribution is -2.46. The van der Waals surface area contributed by atoms with Gasteiger partial charge in [0.2, 0.25) is 5.91 Å². The first kappa shape index (κ1) is 11.5. The minimum absolute atomic E-state index is 0.103. The second-order valence-electron chi connectivity index (χ2n) is 4.57. The van der Waals surface area contributed by atoms with Crippen LogP contribution in [0.5, 0.6) is 0 Å². The molecule has 1 saturated carbocycles. The Bertz CT molecular complexity index is 201. The van der Waals surface area contributed by atoms with Crippen molar-refractivity contribution in [2.45, 2.75) is 39.2 Å². The molecular formula is C11H22N2O. The van der Waals surface area contributed by atoms with Gasteiger partial charge < -0.3 is 10.6 Å². The van der Waals surface area contributed by atoms with E-state index in [-0.39, 0.29) is 17.9 Å². The first-order valence-corrected chi connectivity index (χ1v) is 5.56. The molecule has 2 N–H and O–H groups in total. The first-order valence-electron chi connectivity index (χ1n) is 5.56. The van der Waals surface area contributed by atoms with E-state index in [1.54, 1.807) is 4.90 Å². The van der Waals surface area contributed by atoms with Crippen LogP contribution in [0, 0.1) is 11.8 Å². The fraction of sp³-hybridized carbons (Fsp3) is 0.909. The fourth-order valence-electron chi connectivity index (χ4n) is 1.53. The monoisotopic (exact) mass is 198 g/mol. The van der Waals surface area contributed by atoms with Crippen molar-refractivity contribution in [3.05, 3.63) is 0 Å². The smallest absolute Gasteiger partial charge is 0.239 e. The summed E-state index contributed by atoms with van der Waals surface area (Å²) in [6, 6.07) is -0.316. The highest BCUT2D eigenvalue weighted by molar-refractivity contribution is 5.81. The molecule has 3 heteroatoms. The van der Waals surface area contributed by atoms with E-state index in [9.17, 15) is 4.79 Å². The van der Waals surface area contributed by atoms with Crippen LogP contribution in [-0.4, -0.2) is 30.4 Å². The van der Waals surface area contributed by atoms with E-state index in [0.717, 1.165) is 18.9 Å². The molecule has 0 saturated heterocycles. The Balaban J connectivity index is 2.37. The van der Waals surface area contributed by atoms with E-state index in [0.29, 0.717) is 0 Å². The van der Waals surface area contributed by atoms with Gasteiger partial charge in [0.25, 0.3) is 0 Å². The number of amides is 1. The zero-order chi connectivity index (χ0) is 10.7. The minimum Gasteiger partial charge on any atom is -0.344 e. The van der Waals surface area contributed by atoms with Gasteiger partial charge in [-0.15, -0.1) is 0 Å². The van der Waals surface area contributed by atoms with Gasteiger partial charge >= 0.3 is 0 Å². The molecule has 0 aliphatic heterocycles. The van der Waals surface area contributed by atoms with Crippen molar-refractivity contribution in [2.75, 3.05) is 13.6 Å². The van der Waals surface area contributed by atoms with Crippen molar-refractivity contribution in [3.63, 3.8) is 0 Å². The molecule has 1 aliphatic rings. The quantitative estimate of drug-likeness (QED) is 0.722. The topological polar surface area (TPSA) is 46.3 Å².